The van der Waals surface area contributed by atoms with Gasteiger partial charge in [-0.05, 0) is 0 Å². The Labute approximate surface area is 58.6 Å². The van der Waals surface area contributed by atoms with Gasteiger partial charge in [0, 0.05) is 25.8 Å². The summed E-state index contributed by atoms with van der Waals surface area (Å²) in [6.07, 6.45) is 0. The van der Waals surface area contributed by atoms with Crippen molar-refractivity contribution >= 4 is 0 Å². The van der Waals surface area contributed by atoms with Crippen LogP contribution in [0.25, 0.3) is 0 Å². The molecule has 0 saturated heterocycles. The van der Waals surface area contributed by atoms with Gasteiger partial charge < -0.3 is 0 Å². The van der Waals surface area contributed by atoms with E-state index in [1.54, 1.807) is 0 Å². The summed E-state index contributed by atoms with van der Waals surface area (Å²) in [5, 5.41) is 0. The fraction of sp³-hybridized carbons (Fsp3) is 0. The molecular weight excluding hydrogens is 346 g/mol. The van der Waals surface area contributed by atoms with E-state index in [1.807, 2.05) is 0 Å². The molecule has 0 heterocycles. The number of rotatable bonds is 0. The maximum absolute atomic E-state index is 9.90. The third-order valence-corrected chi connectivity index (χ3v) is 0. The second kappa shape index (κ2) is 3.47. The summed E-state index contributed by atoms with van der Waals surface area (Å²) in [7, 11) is 0. The van der Waals surface area contributed by atoms with E-state index in [0.29, 0.717) is 0 Å². The third-order valence-electron chi connectivity index (χ3n) is 0. The van der Waals surface area contributed by atoms with Crippen LogP contribution in [0.15, 0.2) is 0 Å². The molecule has 6 heteroatoms. The molecule has 0 bridgehead atoms. The fourth-order valence-electron chi connectivity index (χ4n) is 0. The monoisotopic (exact) mass is 346 g/mol. The Bertz CT molecular complexity index is 23.0. The van der Waals surface area contributed by atoms with Gasteiger partial charge >= 0.3 is 33.2 Å². The smallest absolute Gasteiger partial charge is 0 e. The van der Waals surface area contributed by atoms with Gasteiger partial charge in [-0.2, -0.15) is 0 Å². The van der Waals surface area contributed by atoms with Crippen LogP contribution >= 0.6 is 0 Å². The molecule has 0 spiro atoms. The van der Waals surface area contributed by atoms with Crippen LogP contribution in [0, 0.1) is 0 Å². The number of hydrogen-bond donors (Lipinski definition) is 0. The first kappa shape index (κ1) is 10.5. The van der Waals surface area contributed by atoms with Crippen molar-refractivity contribution in [2.75, 3.05) is 0 Å². The van der Waals surface area contributed by atoms with Gasteiger partial charge in [0.15, 0.2) is 0 Å². The zero-order chi connectivity index (χ0) is 4.50. The van der Waals surface area contributed by atoms with E-state index in [1.165, 1.54) is 0 Å². The van der Waals surface area contributed by atoms with Gasteiger partial charge in [-0.1, -0.05) is 0 Å². The maximum atomic E-state index is 9.90. The first-order chi connectivity index (χ1) is 2.00. The molecule has 0 aliphatic heterocycles. The summed E-state index contributed by atoms with van der Waals surface area (Å²) in [6.45, 7) is 0. The molecule has 0 aliphatic carbocycles. The minimum absolute atomic E-state index is 0. The summed E-state index contributed by atoms with van der Waals surface area (Å²) >= 11 is -7.18. The summed E-state index contributed by atoms with van der Waals surface area (Å²) in [6, 6.07) is 0. The van der Waals surface area contributed by atoms with Crippen molar-refractivity contribution in [3.63, 3.8) is 0 Å². The SMILES string of the molecule is [F][Zr]([F])([F])[F].[Hf]. The molecule has 0 aromatic heterocycles. The Balaban J connectivity index is 0. The minimum atomic E-state index is -7.18. The zero-order valence-electron chi connectivity index (χ0n) is 2.51. The maximum Gasteiger partial charge on any atom is 0 e. The molecule has 6 heavy (non-hydrogen) atoms. The van der Waals surface area contributed by atoms with Gasteiger partial charge in [0.1, 0.15) is 0 Å². The van der Waals surface area contributed by atoms with Gasteiger partial charge in [0.25, 0.3) is 0 Å². The summed E-state index contributed by atoms with van der Waals surface area (Å²) in [5.41, 5.74) is 0. The zero-order valence-corrected chi connectivity index (χ0v) is 8.56. The quantitative estimate of drug-likeness (QED) is 0.463. The van der Waals surface area contributed by atoms with E-state index in [-0.39, 0.29) is 25.8 Å². The van der Waals surface area contributed by atoms with Crippen LogP contribution < -0.4 is 0 Å². The van der Waals surface area contributed by atoms with Gasteiger partial charge in [0.2, 0.25) is 0 Å². The molecule has 0 aromatic rings. The second-order valence-corrected chi connectivity index (χ2v) is 2.54. The molecule has 0 fully saturated rings. The van der Waals surface area contributed by atoms with E-state index >= 15 is 0 Å². The van der Waals surface area contributed by atoms with E-state index in [4.69, 9.17) is 0 Å². The van der Waals surface area contributed by atoms with Crippen molar-refractivity contribution in [1.29, 1.82) is 0 Å². The predicted octanol–water partition coefficient (Wildman–Crippen LogP) is 1.68. The predicted molar refractivity (Wildman–Crippen MR) is 4.43 cm³/mol. The van der Waals surface area contributed by atoms with Crippen LogP contribution in [0.5, 0.6) is 0 Å². The molecule has 0 aromatic carbocycles. The van der Waals surface area contributed by atoms with Crippen LogP contribution in [-0.2, 0) is 48.5 Å². The second-order valence-electron chi connectivity index (χ2n) is 0.429. The molecule has 0 nitrogen and oxygen atoms in total. The van der Waals surface area contributed by atoms with Crippen LogP contribution in [0.1, 0.15) is 0 Å². The van der Waals surface area contributed by atoms with Gasteiger partial charge in [-0.3, -0.25) is 0 Å². The Hall–Kier alpha value is 1.47. The fourth-order valence-corrected chi connectivity index (χ4v) is 0. The Morgan fingerprint density at radius 2 is 0.833 bits per heavy atom. The number of hydrogen-bond acceptors (Lipinski definition) is 0. The van der Waals surface area contributed by atoms with Crippen molar-refractivity contribution in [1.82, 2.24) is 0 Å². The van der Waals surface area contributed by atoms with E-state index in [9.17, 15) is 10.5 Å². The number of halogens is 4. The van der Waals surface area contributed by atoms with Crippen molar-refractivity contribution in [2.24, 2.45) is 0 Å². The molecule has 0 rings (SSSR count). The molecule has 36 valence electrons. The normalized spacial score (nSPS) is 10.0. The van der Waals surface area contributed by atoms with Gasteiger partial charge in [-0.25, -0.2) is 0 Å². The van der Waals surface area contributed by atoms with Gasteiger partial charge in [0.05, 0.1) is 0 Å². The van der Waals surface area contributed by atoms with Crippen LogP contribution in [0.3, 0.4) is 0 Å². The molecule has 0 radical (unpaired) electrons. The van der Waals surface area contributed by atoms with Crippen molar-refractivity contribution < 1.29 is 59.1 Å². The third kappa shape index (κ3) is 50.5. The van der Waals surface area contributed by atoms with Crippen molar-refractivity contribution in [3.05, 3.63) is 0 Å². The van der Waals surface area contributed by atoms with E-state index in [2.05, 4.69) is 0 Å². The van der Waals surface area contributed by atoms with Crippen LogP contribution in [-0.4, -0.2) is 0 Å². The average Bonchev–Trinajstić information content (AvgIpc) is 0.722. The molecule has 0 atom stereocenters. The van der Waals surface area contributed by atoms with Crippen molar-refractivity contribution in [3.8, 4) is 0 Å². The largest absolute Gasteiger partial charge is 0 e. The Morgan fingerprint density at radius 1 is 0.833 bits per heavy atom. The minimum Gasteiger partial charge on any atom is 0 e. The standard InChI is InChI=1S/4FH.Hf.Zr/h4*1H;;/q;;;;;+4/p-4. The molecular formula is F4HfZr. The first-order valence-corrected chi connectivity index (χ1v) is 4.47. The van der Waals surface area contributed by atoms with Crippen molar-refractivity contribution in [2.45, 2.75) is 0 Å². The van der Waals surface area contributed by atoms with E-state index < -0.39 is 22.7 Å². The Kier molecular flexibility index (Phi) is 6.05. The summed E-state index contributed by atoms with van der Waals surface area (Å²) < 4.78 is 39.6. The molecule has 0 unspecified atom stereocenters. The average molecular weight is 346 g/mol. The van der Waals surface area contributed by atoms with Gasteiger partial charge in [-0.15, -0.1) is 0 Å². The summed E-state index contributed by atoms with van der Waals surface area (Å²) in [4.78, 5) is 0. The molecule has 0 amide bonds. The first-order valence-electron chi connectivity index (χ1n) is 0.756. The van der Waals surface area contributed by atoms with Crippen LogP contribution in [0.2, 0.25) is 0 Å². The molecule has 0 saturated carbocycles. The molecule has 0 aliphatic rings. The molecule has 0 N–H and O–H groups in total. The topological polar surface area (TPSA) is 0 Å². The van der Waals surface area contributed by atoms with Crippen LogP contribution in [0.4, 0.5) is 10.5 Å². The summed E-state index contributed by atoms with van der Waals surface area (Å²) in [5.74, 6) is 0. The van der Waals surface area contributed by atoms with E-state index in [0.717, 1.165) is 0 Å². The Morgan fingerprint density at radius 3 is 0.833 bits per heavy atom.